The molecule has 0 amide bonds. The van der Waals surface area contributed by atoms with Crippen molar-refractivity contribution in [3.05, 3.63) is 45.6 Å². The van der Waals surface area contributed by atoms with Crippen molar-refractivity contribution in [2.45, 2.75) is 0 Å². The topological polar surface area (TPSA) is 71.8 Å². The van der Waals surface area contributed by atoms with Crippen LogP contribution in [-0.2, 0) is 0 Å². The Morgan fingerprint density at radius 3 is 2.81 bits per heavy atom. The molecule has 3 N–H and O–H groups in total. The summed E-state index contributed by atoms with van der Waals surface area (Å²) in [6.07, 6.45) is 1.37. The zero-order chi connectivity index (χ0) is 11.7. The Morgan fingerprint density at radius 2 is 2.19 bits per heavy atom. The molecule has 0 bridgehead atoms. The van der Waals surface area contributed by atoms with Gasteiger partial charge in [0.2, 0.25) is 0 Å². The quantitative estimate of drug-likeness (QED) is 0.797. The van der Waals surface area contributed by atoms with Crippen LogP contribution in [0.4, 0.5) is 10.2 Å². The summed E-state index contributed by atoms with van der Waals surface area (Å²) in [5.74, 6) is -0.568. The third-order valence-corrected chi connectivity index (χ3v) is 2.35. The highest BCUT2D eigenvalue weighted by Crippen LogP contribution is 2.25. The molecule has 82 valence electrons. The second kappa shape index (κ2) is 3.94. The van der Waals surface area contributed by atoms with Gasteiger partial charge in [0.25, 0.3) is 5.56 Å². The van der Waals surface area contributed by atoms with Crippen LogP contribution in [0.3, 0.4) is 0 Å². The maximum Gasteiger partial charge on any atom is 0.290 e. The van der Waals surface area contributed by atoms with Crippen molar-refractivity contribution in [3.63, 3.8) is 0 Å². The molecule has 1 heterocycles. The number of aromatic amines is 1. The van der Waals surface area contributed by atoms with Gasteiger partial charge in [0.05, 0.1) is 16.9 Å². The maximum atomic E-state index is 12.8. The van der Waals surface area contributed by atoms with Crippen LogP contribution in [0.15, 0.2) is 29.2 Å². The monoisotopic (exact) mass is 239 g/mol. The lowest BCUT2D eigenvalue weighted by Gasteiger charge is -2.03. The fourth-order valence-corrected chi connectivity index (χ4v) is 1.53. The lowest BCUT2D eigenvalue weighted by molar-refractivity contribution is 0.628. The van der Waals surface area contributed by atoms with Gasteiger partial charge in [0.1, 0.15) is 5.82 Å². The second-order valence-corrected chi connectivity index (χ2v) is 3.54. The number of benzene rings is 1. The number of hydrogen-bond donors (Lipinski definition) is 2. The van der Waals surface area contributed by atoms with Gasteiger partial charge in [-0.05, 0) is 18.2 Å². The van der Waals surface area contributed by atoms with E-state index in [9.17, 15) is 9.18 Å². The zero-order valence-electron chi connectivity index (χ0n) is 8.00. The van der Waals surface area contributed by atoms with Crippen molar-refractivity contribution in [1.29, 1.82) is 0 Å². The van der Waals surface area contributed by atoms with Gasteiger partial charge in [0, 0.05) is 5.56 Å². The third kappa shape index (κ3) is 1.90. The van der Waals surface area contributed by atoms with E-state index in [1.807, 2.05) is 0 Å². The van der Waals surface area contributed by atoms with Crippen LogP contribution in [0.25, 0.3) is 11.3 Å². The Morgan fingerprint density at radius 1 is 1.44 bits per heavy atom. The normalized spacial score (nSPS) is 10.4. The lowest BCUT2D eigenvalue weighted by Crippen LogP contribution is -2.14. The van der Waals surface area contributed by atoms with Gasteiger partial charge in [-0.25, -0.2) is 9.37 Å². The summed E-state index contributed by atoms with van der Waals surface area (Å²) < 4.78 is 12.8. The minimum atomic E-state index is -0.502. The van der Waals surface area contributed by atoms with Crippen LogP contribution in [0.5, 0.6) is 0 Å². The highest BCUT2D eigenvalue weighted by Gasteiger charge is 2.07. The number of nitrogens with one attached hydrogen (secondary N) is 1. The standard InChI is InChI=1S/C10H7ClFN3O/c11-7-3-5(12)1-2-6(7)8-4-14-9(13)10(16)15-8/h1-4H,(H2,13,14)(H,15,16). The number of halogens is 2. The molecule has 6 heteroatoms. The predicted molar refractivity (Wildman–Crippen MR) is 59.7 cm³/mol. The molecule has 0 fully saturated rings. The molecule has 16 heavy (non-hydrogen) atoms. The molecule has 0 aliphatic rings. The summed E-state index contributed by atoms with van der Waals surface area (Å²) in [6, 6.07) is 3.86. The van der Waals surface area contributed by atoms with E-state index in [0.717, 1.165) is 6.07 Å². The number of hydrogen-bond acceptors (Lipinski definition) is 3. The van der Waals surface area contributed by atoms with Crippen molar-refractivity contribution in [2.75, 3.05) is 5.73 Å². The van der Waals surface area contributed by atoms with Crippen molar-refractivity contribution >= 4 is 17.4 Å². The Labute approximate surface area is 94.9 Å². The number of nitrogens with two attached hydrogens (primary N) is 1. The molecule has 2 rings (SSSR count). The summed E-state index contributed by atoms with van der Waals surface area (Å²) in [7, 11) is 0. The molecular formula is C10H7ClFN3O. The van der Waals surface area contributed by atoms with Gasteiger partial charge in [-0.2, -0.15) is 0 Å². The number of nitrogens with zero attached hydrogens (tertiary/aromatic N) is 1. The van der Waals surface area contributed by atoms with Crippen molar-refractivity contribution in [3.8, 4) is 11.3 Å². The molecule has 0 aliphatic heterocycles. The van der Waals surface area contributed by atoms with Gasteiger partial charge in [-0.3, -0.25) is 4.79 Å². The van der Waals surface area contributed by atoms with Crippen LogP contribution in [0, 0.1) is 5.82 Å². The van der Waals surface area contributed by atoms with Crippen LogP contribution >= 0.6 is 11.6 Å². The van der Waals surface area contributed by atoms with E-state index in [1.54, 1.807) is 0 Å². The first-order valence-corrected chi connectivity index (χ1v) is 4.76. The van der Waals surface area contributed by atoms with Crippen molar-refractivity contribution in [2.24, 2.45) is 0 Å². The van der Waals surface area contributed by atoms with E-state index in [-0.39, 0.29) is 10.8 Å². The fraction of sp³-hybridized carbons (Fsp3) is 0. The summed E-state index contributed by atoms with van der Waals surface area (Å²) in [5, 5.41) is 0.197. The molecule has 0 radical (unpaired) electrons. The average molecular weight is 240 g/mol. The Bertz CT molecular complexity index is 597. The van der Waals surface area contributed by atoms with Crippen molar-refractivity contribution in [1.82, 2.24) is 9.97 Å². The summed E-state index contributed by atoms with van der Waals surface area (Å²) in [5.41, 5.74) is 5.67. The lowest BCUT2D eigenvalue weighted by atomic mass is 10.1. The summed E-state index contributed by atoms with van der Waals surface area (Å²) >= 11 is 5.84. The average Bonchev–Trinajstić information content (AvgIpc) is 2.22. The van der Waals surface area contributed by atoms with E-state index >= 15 is 0 Å². The number of rotatable bonds is 1. The summed E-state index contributed by atoms with van der Waals surface area (Å²) in [4.78, 5) is 17.4. The van der Waals surface area contributed by atoms with Gasteiger partial charge >= 0.3 is 0 Å². The van der Waals surface area contributed by atoms with E-state index in [4.69, 9.17) is 17.3 Å². The van der Waals surface area contributed by atoms with Crippen LogP contribution in [-0.4, -0.2) is 9.97 Å². The molecule has 0 saturated carbocycles. The number of anilines is 1. The minimum absolute atomic E-state index is 0.123. The van der Waals surface area contributed by atoms with Crippen molar-refractivity contribution < 1.29 is 4.39 Å². The first-order valence-electron chi connectivity index (χ1n) is 4.38. The Kier molecular flexibility index (Phi) is 2.62. The molecular weight excluding hydrogens is 233 g/mol. The molecule has 1 aromatic heterocycles. The van der Waals surface area contributed by atoms with Gasteiger partial charge < -0.3 is 10.7 Å². The van der Waals surface area contributed by atoms with Crippen LogP contribution < -0.4 is 11.3 Å². The van der Waals surface area contributed by atoms with Crippen LogP contribution in [0.2, 0.25) is 5.02 Å². The zero-order valence-corrected chi connectivity index (χ0v) is 8.75. The van der Waals surface area contributed by atoms with Crippen LogP contribution in [0.1, 0.15) is 0 Å². The Balaban J connectivity index is 2.59. The minimum Gasteiger partial charge on any atom is -0.379 e. The maximum absolute atomic E-state index is 12.8. The van der Waals surface area contributed by atoms with Gasteiger partial charge in [-0.15, -0.1) is 0 Å². The van der Waals surface area contributed by atoms with Gasteiger partial charge in [-0.1, -0.05) is 11.6 Å². The first kappa shape index (κ1) is 10.6. The van der Waals surface area contributed by atoms with E-state index in [0.29, 0.717) is 11.3 Å². The molecule has 1 aromatic carbocycles. The largest absolute Gasteiger partial charge is 0.379 e. The van der Waals surface area contributed by atoms with E-state index in [2.05, 4.69) is 9.97 Å². The number of nitrogen functional groups attached to an aromatic ring is 1. The molecule has 0 aliphatic carbocycles. The molecule has 0 atom stereocenters. The summed E-state index contributed by atoms with van der Waals surface area (Å²) in [6.45, 7) is 0. The smallest absolute Gasteiger partial charge is 0.290 e. The molecule has 0 saturated heterocycles. The molecule has 2 aromatic rings. The fourth-order valence-electron chi connectivity index (χ4n) is 1.26. The van der Waals surface area contributed by atoms with Gasteiger partial charge in [0.15, 0.2) is 5.82 Å². The highest BCUT2D eigenvalue weighted by atomic mass is 35.5. The van der Waals surface area contributed by atoms with E-state index < -0.39 is 11.4 Å². The first-order chi connectivity index (χ1) is 7.58. The highest BCUT2D eigenvalue weighted by molar-refractivity contribution is 6.33. The van der Waals surface area contributed by atoms with E-state index in [1.165, 1.54) is 18.3 Å². The number of aromatic nitrogens is 2. The predicted octanol–water partition coefficient (Wildman–Crippen LogP) is 1.81. The molecule has 0 spiro atoms. The SMILES string of the molecule is Nc1ncc(-c2ccc(F)cc2Cl)[nH]c1=O. The third-order valence-electron chi connectivity index (χ3n) is 2.03. The Hall–Kier alpha value is -1.88. The second-order valence-electron chi connectivity index (χ2n) is 3.14. The molecule has 0 unspecified atom stereocenters. The molecule has 4 nitrogen and oxygen atoms in total. The number of H-pyrrole nitrogens is 1.